The zero-order valence-electron chi connectivity index (χ0n) is 10.3. The molecule has 92 valence electrons. The predicted molar refractivity (Wildman–Crippen MR) is 69.2 cm³/mol. The van der Waals surface area contributed by atoms with Gasteiger partial charge in [0, 0.05) is 6.04 Å². The van der Waals surface area contributed by atoms with Gasteiger partial charge in [0.15, 0.2) is 0 Å². The fraction of sp³-hybridized carbons (Fsp3) is 0.250. The molecule has 6 nitrogen and oxygen atoms in total. The molecule has 0 atom stereocenters. The molecule has 0 aliphatic heterocycles. The number of rotatable bonds is 3. The second-order valence-electron chi connectivity index (χ2n) is 4.17. The number of anilines is 2. The Morgan fingerprint density at radius 2 is 2.22 bits per heavy atom. The van der Waals surface area contributed by atoms with Crippen molar-refractivity contribution in [1.82, 2.24) is 14.8 Å². The Morgan fingerprint density at radius 1 is 1.44 bits per heavy atom. The van der Waals surface area contributed by atoms with Crippen LogP contribution < -0.4 is 11.1 Å². The van der Waals surface area contributed by atoms with Gasteiger partial charge in [-0.2, -0.15) is 14.9 Å². The third-order valence-electron chi connectivity index (χ3n) is 2.27. The van der Waals surface area contributed by atoms with Gasteiger partial charge in [-0.05, 0) is 32.0 Å². The Bertz CT molecular complexity index is 593. The topological polar surface area (TPSA) is 92.5 Å². The number of nitrogen functional groups attached to an aromatic ring is 1. The summed E-state index contributed by atoms with van der Waals surface area (Å²) < 4.78 is 1.51. The first-order valence-corrected chi connectivity index (χ1v) is 5.60. The Balaban J connectivity index is 2.38. The first kappa shape index (κ1) is 11.9. The average molecular weight is 242 g/mol. The van der Waals surface area contributed by atoms with Gasteiger partial charge in [0.25, 0.3) is 0 Å². The normalized spacial score (nSPS) is 10.3. The number of nitrogens with zero attached hydrogens (tertiary/aromatic N) is 4. The smallest absolute Gasteiger partial charge is 0.244 e. The molecule has 0 radical (unpaired) electrons. The van der Waals surface area contributed by atoms with Crippen LogP contribution in [-0.4, -0.2) is 20.8 Å². The van der Waals surface area contributed by atoms with Crippen LogP contribution in [0.4, 0.5) is 11.9 Å². The van der Waals surface area contributed by atoms with Crippen LogP contribution in [0.2, 0.25) is 0 Å². The molecule has 2 aromatic rings. The van der Waals surface area contributed by atoms with Crippen LogP contribution in [0.5, 0.6) is 0 Å². The molecule has 0 spiro atoms. The second kappa shape index (κ2) is 4.75. The molecule has 6 heteroatoms. The van der Waals surface area contributed by atoms with Crippen molar-refractivity contribution >= 4 is 11.9 Å². The van der Waals surface area contributed by atoms with Crippen LogP contribution >= 0.6 is 0 Å². The molecule has 0 bridgehead atoms. The molecule has 0 unspecified atom stereocenters. The maximum atomic E-state index is 8.86. The molecule has 1 aromatic carbocycles. The molecule has 0 aliphatic carbocycles. The van der Waals surface area contributed by atoms with E-state index in [1.165, 1.54) is 4.68 Å². The summed E-state index contributed by atoms with van der Waals surface area (Å²) in [5, 5.41) is 16.2. The predicted octanol–water partition coefficient (Wildman–Crippen LogP) is 1.54. The summed E-state index contributed by atoms with van der Waals surface area (Å²) in [5.74, 6) is 0.762. The fourth-order valence-corrected chi connectivity index (χ4v) is 1.54. The first-order chi connectivity index (χ1) is 8.60. The van der Waals surface area contributed by atoms with Gasteiger partial charge in [-0.15, -0.1) is 5.10 Å². The summed E-state index contributed by atoms with van der Waals surface area (Å²) in [5.41, 5.74) is 7.08. The Kier molecular flexibility index (Phi) is 3.15. The van der Waals surface area contributed by atoms with Crippen LogP contribution in [0.15, 0.2) is 24.3 Å². The SMILES string of the molecule is CC(C)Nc1nc(N)n(-c2cccc(C#N)c2)n1. The number of hydrogen-bond donors (Lipinski definition) is 2. The molecule has 1 aromatic heterocycles. The van der Waals surface area contributed by atoms with Gasteiger partial charge in [-0.1, -0.05) is 6.07 Å². The summed E-state index contributed by atoms with van der Waals surface area (Å²) in [6.45, 7) is 3.99. The molecule has 3 N–H and O–H groups in total. The van der Waals surface area contributed by atoms with E-state index in [4.69, 9.17) is 11.0 Å². The van der Waals surface area contributed by atoms with E-state index in [9.17, 15) is 0 Å². The average Bonchev–Trinajstić information content (AvgIpc) is 2.69. The molecule has 0 amide bonds. The van der Waals surface area contributed by atoms with Crippen molar-refractivity contribution in [3.63, 3.8) is 0 Å². The molecule has 18 heavy (non-hydrogen) atoms. The van der Waals surface area contributed by atoms with Crippen LogP contribution in [0, 0.1) is 11.3 Å². The molecular weight excluding hydrogens is 228 g/mol. The van der Waals surface area contributed by atoms with Crippen molar-refractivity contribution in [2.75, 3.05) is 11.1 Å². The maximum Gasteiger partial charge on any atom is 0.244 e. The number of hydrogen-bond acceptors (Lipinski definition) is 5. The summed E-state index contributed by atoms with van der Waals surface area (Å²) in [6, 6.07) is 9.35. The van der Waals surface area contributed by atoms with Gasteiger partial charge >= 0.3 is 0 Å². The lowest BCUT2D eigenvalue weighted by Crippen LogP contribution is -2.11. The number of nitrogens with one attached hydrogen (secondary N) is 1. The Hall–Kier alpha value is -2.55. The minimum absolute atomic E-state index is 0.227. The third kappa shape index (κ3) is 2.40. The van der Waals surface area contributed by atoms with Crippen LogP contribution in [-0.2, 0) is 0 Å². The number of nitrogens with two attached hydrogens (primary N) is 1. The standard InChI is InChI=1S/C12H14N6/c1-8(2)15-12-16-11(14)18(17-12)10-5-3-4-9(6-10)7-13/h3-6,8H,1-2H3,(H3,14,15,16,17). The quantitative estimate of drug-likeness (QED) is 0.851. The molecule has 1 heterocycles. The van der Waals surface area contributed by atoms with Crippen molar-refractivity contribution in [3.8, 4) is 11.8 Å². The van der Waals surface area contributed by atoms with Gasteiger partial charge in [0.1, 0.15) is 0 Å². The minimum Gasteiger partial charge on any atom is -0.368 e. The van der Waals surface area contributed by atoms with E-state index in [1.807, 2.05) is 19.9 Å². The zero-order chi connectivity index (χ0) is 13.1. The zero-order valence-corrected chi connectivity index (χ0v) is 10.3. The largest absolute Gasteiger partial charge is 0.368 e. The van der Waals surface area contributed by atoms with E-state index in [0.717, 1.165) is 5.69 Å². The molecular formula is C12H14N6. The summed E-state index contributed by atoms with van der Waals surface area (Å²) >= 11 is 0. The highest BCUT2D eigenvalue weighted by Crippen LogP contribution is 2.15. The second-order valence-corrected chi connectivity index (χ2v) is 4.17. The number of benzene rings is 1. The third-order valence-corrected chi connectivity index (χ3v) is 2.27. The van der Waals surface area contributed by atoms with E-state index in [0.29, 0.717) is 11.5 Å². The van der Waals surface area contributed by atoms with Crippen LogP contribution in [0.25, 0.3) is 5.69 Å². The monoisotopic (exact) mass is 242 g/mol. The van der Waals surface area contributed by atoms with Gasteiger partial charge in [-0.25, -0.2) is 0 Å². The van der Waals surface area contributed by atoms with E-state index < -0.39 is 0 Å². The highest BCUT2D eigenvalue weighted by atomic mass is 15.4. The number of aromatic nitrogens is 3. The molecule has 0 aliphatic rings. The van der Waals surface area contributed by atoms with Crippen molar-refractivity contribution in [3.05, 3.63) is 29.8 Å². The minimum atomic E-state index is 0.227. The van der Waals surface area contributed by atoms with Crippen molar-refractivity contribution in [1.29, 1.82) is 5.26 Å². The van der Waals surface area contributed by atoms with Crippen LogP contribution in [0.3, 0.4) is 0 Å². The highest BCUT2D eigenvalue weighted by molar-refractivity contribution is 5.46. The van der Waals surface area contributed by atoms with E-state index in [1.54, 1.807) is 18.2 Å². The van der Waals surface area contributed by atoms with Gasteiger partial charge < -0.3 is 11.1 Å². The van der Waals surface area contributed by atoms with Gasteiger partial charge in [0.05, 0.1) is 17.3 Å². The van der Waals surface area contributed by atoms with E-state index >= 15 is 0 Å². The van der Waals surface area contributed by atoms with Crippen molar-refractivity contribution in [2.24, 2.45) is 0 Å². The summed E-state index contributed by atoms with van der Waals surface area (Å²) in [4.78, 5) is 4.12. The van der Waals surface area contributed by atoms with E-state index in [-0.39, 0.29) is 12.0 Å². The van der Waals surface area contributed by atoms with Gasteiger partial charge in [0.2, 0.25) is 11.9 Å². The summed E-state index contributed by atoms with van der Waals surface area (Å²) in [7, 11) is 0. The van der Waals surface area contributed by atoms with Crippen molar-refractivity contribution < 1.29 is 0 Å². The van der Waals surface area contributed by atoms with Crippen LogP contribution in [0.1, 0.15) is 19.4 Å². The van der Waals surface area contributed by atoms with Gasteiger partial charge in [-0.3, -0.25) is 0 Å². The maximum absolute atomic E-state index is 8.86. The molecule has 2 rings (SSSR count). The lowest BCUT2D eigenvalue weighted by atomic mass is 10.2. The van der Waals surface area contributed by atoms with Crippen molar-refractivity contribution in [2.45, 2.75) is 19.9 Å². The lowest BCUT2D eigenvalue weighted by molar-refractivity contribution is 0.848. The molecule has 0 saturated heterocycles. The van der Waals surface area contributed by atoms with E-state index in [2.05, 4.69) is 21.5 Å². The number of nitriles is 1. The summed E-state index contributed by atoms with van der Waals surface area (Å²) in [6.07, 6.45) is 0. The Labute approximate surface area is 105 Å². The first-order valence-electron chi connectivity index (χ1n) is 5.60. The molecule has 0 fully saturated rings. The fourth-order valence-electron chi connectivity index (χ4n) is 1.54. The Morgan fingerprint density at radius 3 is 2.89 bits per heavy atom. The molecule has 0 saturated carbocycles. The highest BCUT2D eigenvalue weighted by Gasteiger charge is 2.09. The lowest BCUT2D eigenvalue weighted by Gasteiger charge is -2.04.